The summed E-state index contributed by atoms with van der Waals surface area (Å²) in [6.07, 6.45) is -1.57. The maximum Gasteiger partial charge on any atom is 0.323 e. The van der Waals surface area contributed by atoms with Gasteiger partial charge in [0.1, 0.15) is 0 Å². The maximum absolute atomic E-state index is 11.0. The Labute approximate surface area is 67.2 Å². The van der Waals surface area contributed by atoms with E-state index in [-0.39, 0.29) is 0 Å². The van der Waals surface area contributed by atoms with Gasteiger partial charge in [-0.15, -0.1) is 0 Å². The van der Waals surface area contributed by atoms with E-state index in [4.69, 9.17) is 10.4 Å². The normalized spacial score (nSPS) is 35.8. The number of carbonyl (C=O) groups excluding carboxylic acids is 2. The first-order chi connectivity index (χ1) is 5.50. The van der Waals surface area contributed by atoms with Gasteiger partial charge >= 0.3 is 6.03 Å². The minimum Gasteiger partial charge on any atom is -0.370 e. The molecule has 68 valence electrons. The van der Waals surface area contributed by atoms with Gasteiger partial charge in [0.15, 0.2) is 6.23 Å². The van der Waals surface area contributed by atoms with E-state index in [2.05, 4.69) is 4.89 Å². The quantitative estimate of drug-likeness (QED) is 0.284. The number of imide groups is 1. The van der Waals surface area contributed by atoms with E-state index in [0.29, 0.717) is 0 Å². The molecule has 1 saturated heterocycles. The molecule has 3 amide bonds. The van der Waals surface area contributed by atoms with E-state index in [9.17, 15) is 9.59 Å². The Balaban J connectivity index is 2.87. The molecule has 0 aliphatic carbocycles. The lowest BCUT2D eigenvalue weighted by molar-refractivity contribution is -0.329. The van der Waals surface area contributed by atoms with Crippen LogP contribution >= 0.6 is 0 Å². The Morgan fingerprint density at radius 1 is 1.58 bits per heavy atom. The lowest BCUT2D eigenvalue weighted by Crippen LogP contribution is -2.68. The summed E-state index contributed by atoms with van der Waals surface area (Å²) < 4.78 is 0. The van der Waals surface area contributed by atoms with Gasteiger partial charge in [-0.05, 0) is 6.92 Å². The minimum atomic E-state index is -1.85. The van der Waals surface area contributed by atoms with E-state index in [1.807, 2.05) is 10.6 Å². The summed E-state index contributed by atoms with van der Waals surface area (Å²) in [4.78, 5) is 25.3. The highest BCUT2D eigenvalue weighted by Crippen LogP contribution is 2.15. The summed E-state index contributed by atoms with van der Waals surface area (Å²) >= 11 is 0. The van der Waals surface area contributed by atoms with Crippen LogP contribution < -0.4 is 10.6 Å². The molecule has 0 saturated carbocycles. The van der Waals surface area contributed by atoms with Gasteiger partial charge in [-0.3, -0.25) is 15.4 Å². The Morgan fingerprint density at radius 3 is 2.58 bits per heavy atom. The smallest absolute Gasteiger partial charge is 0.323 e. The van der Waals surface area contributed by atoms with Gasteiger partial charge in [0.2, 0.25) is 5.60 Å². The summed E-state index contributed by atoms with van der Waals surface area (Å²) in [5.74, 6) is -0.902. The van der Waals surface area contributed by atoms with Crippen LogP contribution in [0.25, 0.3) is 0 Å². The second-order valence-corrected chi connectivity index (χ2v) is 2.53. The fourth-order valence-corrected chi connectivity index (χ4v) is 0.741. The molecule has 12 heavy (non-hydrogen) atoms. The number of aliphatic hydroxyl groups excluding tert-OH is 1. The van der Waals surface area contributed by atoms with Gasteiger partial charge in [0.25, 0.3) is 5.91 Å². The zero-order chi connectivity index (χ0) is 9.35. The molecule has 7 nitrogen and oxygen atoms in total. The van der Waals surface area contributed by atoms with Crippen LogP contribution in [0.2, 0.25) is 0 Å². The van der Waals surface area contributed by atoms with E-state index >= 15 is 0 Å². The van der Waals surface area contributed by atoms with Gasteiger partial charge < -0.3 is 10.4 Å². The lowest BCUT2D eigenvalue weighted by atomic mass is 10.0. The number of aliphatic hydroxyl groups is 1. The topological polar surface area (TPSA) is 108 Å². The van der Waals surface area contributed by atoms with Crippen molar-refractivity contribution in [1.29, 1.82) is 0 Å². The molecule has 1 rings (SSSR count). The molecule has 0 bridgehead atoms. The fraction of sp³-hybridized carbons (Fsp3) is 0.600. The van der Waals surface area contributed by atoms with Gasteiger partial charge in [0, 0.05) is 0 Å². The highest BCUT2D eigenvalue weighted by Gasteiger charge is 2.48. The highest BCUT2D eigenvalue weighted by molar-refractivity contribution is 6.01. The molecule has 2 atom stereocenters. The van der Waals surface area contributed by atoms with Crippen molar-refractivity contribution in [2.24, 2.45) is 0 Å². The molecule has 0 aromatic rings. The second kappa shape index (κ2) is 2.70. The Bertz CT molecular complexity index is 230. The Hall–Kier alpha value is -1.18. The van der Waals surface area contributed by atoms with Crippen molar-refractivity contribution in [2.45, 2.75) is 18.8 Å². The molecule has 1 aliphatic heterocycles. The van der Waals surface area contributed by atoms with E-state index in [0.717, 1.165) is 6.92 Å². The second-order valence-electron chi connectivity index (χ2n) is 2.53. The molecule has 1 fully saturated rings. The summed E-state index contributed by atoms with van der Waals surface area (Å²) in [6, 6.07) is -0.831. The summed E-state index contributed by atoms with van der Waals surface area (Å²) in [5, 5.41) is 21.2. The van der Waals surface area contributed by atoms with Gasteiger partial charge in [-0.25, -0.2) is 9.68 Å². The zero-order valence-corrected chi connectivity index (χ0v) is 6.20. The van der Waals surface area contributed by atoms with Crippen LogP contribution in [0.5, 0.6) is 0 Å². The molecular formula is C5H8N2O5. The van der Waals surface area contributed by atoms with Crippen LogP contribution in [-0.4, -0.2) is 34.1 Å². The van der Waals surface area contributed by atoms with Crippen LogP contribution in [0.1, 0.15) is 6.92 Å². The Morgan fingerprint density at radius 2 is 2.17 bits per heavy atom. The number of nitrogens with one attached hydrogen (secondary N) is 2. The number of rotatable bonds is 1. The van der Waals surface area contributed by atoms with E-state index in [1.165, 1.54) is 0 Å². The summed E-state index contributed by atoms with van der Waals surface area (Å²) in [6.45, 7) is 1.13. The lowest BCUT2D eigenvalue weighted by Gasteiger charge is -2.33. The third kappa shape index (κ3) is 1.13. The number of amides is 3. The molecule has 1 heterocycles. The first-order valence-electron chi connectivity index (χ1n) is 3.13. The molecule has 1 aliphatic rings. The predicted octanol–water partition coefficient (Wildman–Crippen LogP) is -1.61. The van der Waals surface area contributed by atoms with Gasteiger partial charge in [0.05, 0.1) is 0 Å². The van der Waals surface area contributed by atoms with Crippen molar-refractivity contribution in [3.63, 3.8) is 0 Å². The fourth-order valence-electron chi connectivity index (χ4n) is 0.741. The van der Waals surface area contributed by atoms with E-state index < -0.39 is 23.8 Å². The molecule has 7 heteroatoms. The van der Waals surface area contributed by atoms with Crippen LogP contribution in [0, 0.1) is 0 Å². The molecular weight excluding hydrogens is 168 g/mol. The van der Waals surface area contributed by atoms with E-state index in [1.54, 1.807) is 0 Å². The third-order valence-electron chi connectivity index (χ3n) is 1.66. The number of hydrogen-bond acceptors (Lipinski definition) is 5. The van der Waals surface area contributed by atoms with Crippen molar-refractivity contribution in [3.8, 4) is 0 Å². The average molecular weight is 176 g/mol. The first-order valence-corrected chi connectivity index (χ1v) is 3.13. The van der Waals surface area contributed by atoms with Crippen LogP contribution in [0.3, 0.4) is 0 Å². The molecule has 1 unspecified atom stereocenters. The zero-order valence-electron chi connectivity index (χ0n) is 6.20. The molecule has 0 aromatic heterocycles. The van der Waals surface area contributed by atoms with Crippen molar-refractivity contribution in [1.82, 2.24) is 10.6 Å². The molecule has 0 radical (unpaired) electrons. The molecule has 0 aromatic carbocycles. The summed E-state index contributed by atoms with van der Waals surface area (Å²) in [7, 11) is 0. The summed E-state index contributed by atoms with van der Waals surface area (Å²) in [5.41, 5.74) is -1.85. The number of urea groups is 1. The highest BCUT2D eigenvalue weighted by atomic mass is 17.1. The van der Waals surface area contributed by atoms with Crippen molar-refractivity contribution >= 4 is 11.9 Å². The Kier molecular flexibility index (Phi) is 2.01. The van der Waals surface area contributed by atoms with Gasteiger partial charge in [-0.1, -0.05) is 0 Å². The molecule has 0 spiro atoms. The maximum atomic E-state index is 11.0. The van der Waals surface area contributed by atoms with Gasteiger partial charge in [-0.2, -0.15) is 0 Å². The number of hydrogen-bond donors (Lipinski definition) is 4. The SMILES string of the molecule is CC1(OO)C(=O)NC(=O)N[C@@H]1O. The van der Waals surface area contributed by atoms with Crippen LogP contribution in [0.4, 0.5) is 4.79 Å². The van der Waals surface area contributed by atoms with Crippen molar-refractivity contribution in [2.75, 3.05) is 0 Å². The predicted molar refractivity (Wildman–Crippen MR) is 34.8 cm³/mol. The third-order valence-corrected chi connectivity index (χ3v) is 1.66. The monoisotopic (exact) mass is 176 g/mol. The van der Waals surface area contributed by atoms with Crippen molar-refractivity contribution in [3.05, 3.63) is 0 Å². The minimum absolute atomic E-state index is 0.831. The standard InChI is InChI=1S/C5H8N2O5/c1-5(12-11)2(8)6-4(10)7-3(5)9/h2,8,11H,1H3,(H2,6,7,9,10)/t2-,5?/m1/s1. The van der Waals surface area contributed by atoms with Crippen LogP contribution in [0.15, 0.2) is 0 Å². The largest absolute Gasteiger partial charge is 0.370 e. The average Bonchev–Trinajstić information content (AvgIpc) is 2.00. The first kappa shape index (κ1) is 8.91. The van der Waals surface area contributed by atoms with Crippen LogP contribution in [-0.2, 0) is 9.68 Å². The molecule has 4 N–H and O–H groups in total. The van der Waals surface area contributed by atoms with Crippen molar-refractivity contribution < 1.29 is 24.8 Å². The number of carbonyl (C=O) groups is 2.